The summed E-state index contributed by atoms with van der Waals surface area (Å²) in [6.45, 7) is 0.763. The molecule has 4 nitrogen and oxygen atoms in total. The molecular formula is C17H20N2O2. The highest BCUT2D eigenvalue weighted by Crippen LogP contribution is 2.33. The number of rotatable bonds is 5. The Kier molecular flexibility index (Phi) is 3.39. The maximum Gasteiger partial charge on any atom is 0.394 e. The fraction of sp³-hybridized carbons (Fsp3) is 0.471. The minimum atomic E-state index is 0.0674. The fourth-order valence-corrected chi connectivity index (χ4v) is 2.91. The minimum Gasteiger partial charge on any atom is -0.442 e. The van der Waals surface area contributed by atoms with Gasteiger partial charge in [-0.15, -0.1) is 0 Å². The predicted molar refractivity (Wildman–Crippen MR) is 79.1 cm³/mol. The second-order valence-corrected chi connectivity index (χ2v) is 5.96. The lowest BCUT2D eigenvalue weighted by Crippen LogP contribution is -2.16. The summed E-state index contributed by atoms with van der Waals surface area (Å²) in [6.07, 6.45) is 8.02. The summed E-state index contributed by atoms with van der Waals surface area (Å²) in [5.74, 6) is 0. The lowest BCUT2D eigenvalue weighted by Gasteiger charge is -2.24. The van der Waals surface area contributed by atoms with Gasteiger partial charge in [0.05, 0.1) is 5.69 Å². The number of oxazole rings is 1. The zero-order chi connectivity index (χ0) is 14.1. The third-order valence-corrected chi connectivity index (χ3v) is 4.24. The number of aryl methyl sites for hydroxylation is 1. The van der Waals surface area contributed by atoms with E-state index in [2.05, 4.69) is 34.6 Å². The van der Waals surface area contributed by atoms with Crippen molar-refractivity contribution in [3.8, 4) is 6.08 Å². The molecule has 21 heavy (non-hydrogen) atoms. The normalized spacial score (nSPS) is 21.0. The van der Waals surface area contributed by atoms with E-state index in [1.807, 2.05) is 0 Å². The van der Waals surface area contributed by atoms with Gasteiger partial charge in [-0.2, -0.15) is 4.98 Å². The van der Waals surface area contributed by atoms with Crippen LogP contribution in [0.25, 0.3) is 0 Å². The van der Waals surface area contributed by atoms with Gasteiger partial charge in [0.2, 0.25) is 0 Å². The van der Waals surface area contributed by atoms with E-state index in [4.69, 9.17) is 9.15 Å². The van der Waals surface area contributed by atoms with Crippen molar-refractivity contribution in [1.29, 1.82) is 0 Å². The smallest absolute Gasteiger partial charge is 0.394 e. The first-order valence-corrected chi connectivity index (χ1v) is 7.81. The van der Waals surface area contributed by atoms with Gasteiger partial charge >= 0.3 is 6.08 Å². The topological polar surface area (TPSA) is 47.3 Å². The maximum atomic E-state index is 5.98. The molecule has 2 aliphatic rings. The molecule has 0 amide bonds. The van der Waals surface area contributed by atoms with Crippen molar-refractivity contribution in [3.63, 3.8) is 0 Å². The maximum absolute atomic E-state index is 5.98. The zero-order valence-corrected chi connectivity index (χ0v) is 12.0. The fourth-order valence-electron chi connectivity index (χ4n) is 2.91. The SMILES string of the molecule is c1ccc2c(c1)CCCC2Oc1nc(CNC2CC2)co1. The summed E-state index contributed by atoms with van der Waals surface area (Å²) in [5.41, 5.74) is 3.58. The lowest BCUT2D eigenvalue weighted by atomic mass is 9.89. The number of hydrogen-bond donors (Lipinski definition) is 1. The van der Waals surface area contributed by atoms with Crippen molar-refractivity contribution in [2.75, 3.05) is 0 Å². The van der Waals surface area contributed by atoms with E-state index in [1.54, 1.807) is 6.26 Å². The van der Waals surface area contributed by atoms with Gasteiger partial charge in [0, 0.05) is 12.6 Å². The highest BCUT2D eigenvalue weighted by Gasteiger charge is 2.24. The average Bonchev–Trinajstić information content (AvgIpc) is 3.25. The van der Waals surface area contributed by atoms with Gasteiger partial charge in [-0.3, -0.25) is 0 Å². The molecule has 1 unspecified atom stereocenters. The summed E-state index contributed by atoms with van der Waals surface area (Å²) in [7, 11) is 0. The molecule has 2 aliphatic carbocycles. The van der Waals surface area contributed by atoms with Crippen molar-refractivity contribution in [1.82, 2.24) is 10.3 Å². The number of aromatic nitrogens is 1. The second kappa shape index (κ2) is 5.53. The van der Waals surface area contributed by atoms with Crippen molar-refractivity contribution in [2.24, 2.45) is 0 Å². The van der Waals surface area contributed by atoms with Gasteiger partial charge in [-0.05, 0) is 43.2 Å². The van der Waals surface area contributed by atoms with Crippen LogP contribution in [0.2, 0.25) is 0 Å². The van der Waals surface area contributed by atoms with E-state index >= 15 is 0 Å². The third kappa shape index (κ3) is 2.95. The molecule has 1 atom stereocenters. The van der Waals surface area contributed by atoms with E-state index in [1.165, 1.54) is 24.0 Å². The van der Waals surface area contributed by atoms with Crippen molar-refractivity contribution >= 4 is 0 Å². The molecule has 1 heterocycles. The molecule has 0 aliphatic heterocycles. The van der Waals surface area contributed by atoms with Crippen LogP contribution in [0.4, 0.5) is 0 Å². The first kappa shape index (κ1) is 12.9. The van der Waals surface area contributed by atoms with E-state index < -0.39 is 0 Å². The van der Waals surface area contributed by atoms with Crippen LogP contribution in [-0.4, -0.2) is 11.0 Å². The van der Waals surface area contributed by atoms with Gasteiger partial charge in [0.15, 0.2) is 0 Å². The average molecular weight is 284 g/mol. The quantitative estimate of drug-likeness (QED) is 0.914. The molecule has 1 saturated carbocycles. The summed E-state index contributed by atoms with van der Waals surface area (Å²) < 4.78 is 11.4. The Balaban J connectivity index is 1.44. The Morgan fingerprint density at radius 2 is 2.14 bits per heavy atom. The van der Waals surface area contributed by atoms with Crippen LogP contribution in [0.1, 0.15) is 48.6 Å². The summed E-state index contributed by atoms with van der Waals surface area (Å²) in [4.78, 5) is 4.43. The number of nitrogens with one attached hydrogen (secondary N) is 1. The molecular weight excluding hydrogens is 264 g/mol. The van der Waals surface area contributed by atoms with E-state index in [0.29, 0.717) is 12.1 Å². The molecule has 0 spiro atoms. The Bertz CT molecular complexity index is 619. The van der Waals surface area contributed by atoms with Crippen molar-refractivity contribution in [3.05, 3.63) is 47.3 Å². The van der Waals surface area contributed by atoms with Gasteiger partial charge in [-0.1, -0.05) is 24.3 Å². The van der Waals surface area contributed by atoms with Gasteiger partial charge in [-0.25, -0.2) is 0 Å². The zero-order valence-electron chi connectivity index (χ0n) is 12.0. The first-order valence-electron chi connectivity index (χ1n) is 7.81. The predicted octanol–water partition coefficient (Wildman–Crippen LogP) is 3.38. The molecule has 1 aromatic heterocycles. The molecule has 110 valence electrons. The van der Waals surface area contributed by atoms with E-state index in [9.17, 15) is 0 Å². The molecule has 0 radical (unpaired) electrons. The Morgan fingerprint density at radius 3 is 3.05 bits per heavy atom. The highest BCUT2D eigenvalue weighted by molar-refractivity contribution is 5.31. The van der Waals surface area contributed by atoms with Crippen molar-refractivity contribution in [2.45, 2.75) is 50.8 Å². The highest BCUT2D eigenvalue weighted by atomic mass is 16.6. The Morgan fingerprint density at radius 1 is 1.24 bits per heavy atom. The number of nitrogens with zero attached hydrogens (tertiary/aromatic N) is 1. The van der Waals surface area contributed by atoms with Crippen LogP contribution >= 0.6 is 0 Å². The monoisotopic (exact) mass is 284 g/mol. The lowest BCUT2D eigenvalue weighted by molar-refractivity contribution is 0.132. The number of ether oxygens (including phenoxy) is 1. The summed E-state index contributed by atoms with van der Waals surface area (Å²) in [5, 5.41) is 3.43. The van der Waals surface area contributed by atoms with Gasteiger partial charge in [0.25, 0.3) is 0 Å². The molecule has 2 aromatic rings. The molecule has 4 heteroatoms. The summed E-state index contributed by atoms with van der Waals surface area (Å²) in [6, 6.07) is 9.18. The van der Waals surface area contributed by atoms with Crippen molar-refractivity contribution < 1.29 is 9.15 Å². The van der Waals surface area contributed by atoms with Gasteiger partial charge < -0.3 is 14.5 Å². The number of fused-ring (bicyclic) bond motifs is 1. The van der Waals surface area contributed by atoms with Crippen LogP contribution in [0.15, 0.2) is 34.9 Å². The third-order valence-electron chi connectivity index (χ3n) is 4.24. The number of hydrogen-bond acceptors (Lipinski definition) is 4. The minimum absolute atomic E-state index is 0.0674. The first-order chi connectivity index (χ1) is 10.4. The molecule has 1 fully saturated rings. The Labute approximate surface area is 124 Å². The molecule has 0 bridgehead atoms. The molecule has 1 aromatic carbocycles. The van der Waals surface area contributed by atoms with Crippen LogP contribution < -0.4 is 10.1 Å². The van der Waals surface area contributed by atoms with Crippen LogP contribution in [0.3, 0.4) is 0 Å². The standard InChI is InChI=1S/C17H20N2O2/c1-2-6-15-12(4-1)5-3-7-16(15)21-17-19-14(11-20-17)10-18-13-8-9-13/h1-2,4,6,11,13,16,18H,3,5,7-10H2. The largest absolute Gasteiger partial charge is 0.442 e. The van der Waals surface area contributed by atoms with Crippen LogP contribution in [0, 0.1) is 0 Å². The summed E-state index contributed by atoms with van der Waals surface area (Å²) >= 11 is 0. The second-order valence-electron chi connectivity index (χ2n) is 5.96. The Hall–Kier alpha value is -1.81. The number of benzene rings is 1. The van der Waals surface area contributed by atoms with E-state index in [0.717, 1.165) is 31.5 Å². The van der Waals surface area contributed by atoms with Crippen LogP contribution in [-0.2, 0) is 13.0 Å². The molecule has 4 rings (SSSR count). The molecule has 0 saturated heterocycles. The molecule has 1 N–H and O–H groups in total. The van der Waals surface area contributed by atoms with E-state index in [-0.39, 0.29) is 6.10 Å². The van der Waals surface area contributed by atoms with Crippen LogP contribution in [0.5, 0.6) is 6.08 Å². The van der Waals surface area contributed by atoms with Gasteiger partial charge in [0.1, 0.15) is 12.4 Å².